The third-order valence-electron chi connectivity index (χ3n) is 4.17. The van der Waals surface area contributed by atoms with E-state index < -0.39 is 6.10 Å². The topological polar surface area (TPSA) is 53.0 Å². The Kier molecular flexibility index (Phi) is 6.42. The van der Waals surface area contributed by atoms with E-state index in [1.165, 1.54) is 0 Å². The van der Waals surface area contributed by atoms with Gasteiger partial charge in [-0.25, -0.2) is 0 Å². The van der Waals surface area contributed by atoms with E-state index in [-0.39, 0.29) is 12.0 Å². The molecule has 1 fully saturated rings. The lowest BCUT2D eigenvalue weighted by Gasteiger charge is -2.34. The number of benzene rings is 1. The van der Waals surface area contributed by atoms with Crippen molar-refractivity contribution >= 4 is 5.91 Å². The maximum absolute atomic E-state index is 11.3. The fourth-order valence-electron chi connectivity index (χ4n) is 2.80. The normalized spacial score (nSPS) is 17.3. The van der Waals surface area contributed by atoms with Crippen LogP contribution < -0.4 is 4.74 Å². The summed E-state index contributed by atoms with van der Waals surface area (Å²) in [6, 6.07) is 7.67. The zero-order valence-corrected chi connectivity index (χ0v) is 14.4. The highest BCUT2D eigenvalue weighted by molar-refractivity contribution is 5.73. The van der Waals surface area contributed by atoms with E-state index in [2.05, 4.69) is 4.90 Å². The van der Waals surface area contributed by atoms with Crippen molar-refractivity contribution in [1.82, 2.24) is 9.80 Å². The summed E-state index contributed by atoms with van der Waals surface area (Å²) < 4.78 is 5.61. The molecule has 0 aromatic heterocycles. The van der Waals surface area contributed by atoms with E-state index >= 15 is 0 Å². The molecule has 1 aromatic rings. The molecule has 128 valence electrons. The first kappa shape index (κ1) is 17.8. The van der Waals surface area contributed by atoms with Crippen LogP contribution in [0.25, 0.3) is 0 Å². The summed E-state index contributed by atoms with van der Waals surface area (Å²) in [6.45, 7) is 9.78. The molecule has 1 heterocycles. The number of carbonyl (C=O) groups is 1. The number of rotatable bonds is 6. The number of amides is 1. The quantitative estimate of drug-likeness (QED) is 0.872. The van der Waals surface area contributed by atoms with Crippen LogP contribution in [-0.4, -0.2) is 59.6 Å². The fraction of sp³-hybridized carbons (Fsp3) is 0.611. The molecular weight excluding hydrogens is 292 g/mol. The lowest BCUT2D eigenvalue weighted by molar-refractivity contribution is -0.130. The smallest absolute Gasteiger partial charge is 0.219 e. The first-order valence-corrected chi connectivity index (χ1v) is 8.38. The van der Waals surface area contributed by atoms with Gasteiger partial charge in [0.15, 0.2) is 0 Å². The summed E-state index contributed by atoms with van der Waals surface area (Å²) >= 11 is 0. The molecule has 1 saturated heterocycles. The van der Waals surface area contributed by atoms with E-state index in [1.54, 1.807) is 6.92 Å². The average Bonchev–Trinajstić information content (AvgIpc) is 2.53. The van der Waals surface area contributed by atoms with Gasteiger partial charge in [0.05, 0.1) is 12.2 Å². The summed E-state index contributed by atoms with van der Waals surface area (Å²) in [5, 5.41) is 10.3. The van der Waals surface area contributed by atoms with Crippen molar-refractivity contribution in [2.45, 2.75) is 39.4 Å². The molecule has 0 radical (unpaired) electrons. The van der Waals surface area contributed by atoms with Crippen molar-refractivity contribution in [3.05, 3.63) is 29.8 Å². The van der Waals surface area contributed by atoms with Crippen LogP contribution in [0, 0.1) is 0 Å². The standard InChI is InChI=1S/C18H28N2O3/c1-14(2)23-17-6-4-16(5-7-17)18(22)8-9-19-10-12-20(13-11-19)15(3)21/h4-7,14,18,22H,8-13H2,1-3H3. The molecule has 23 heavy (non-hydrogen) atoms. The summed E-state index contributed by atoms with van der Waals surface area (Å²) in [7, 11) is 0. The van der Waals surface area contributed by atoms with Crippen LogP contribution in [0.15, 0.2) is 24.3 Å². The highest BCUT2D eigenvalue weighted by Crippen LogP contribution is 2.21. The molecule has 1 amide bonds. The zero-order valence-electron chi connectivity index (χ0n) is 14.4. The molecule has 0 saturated carbocycles. The van der Waals surface area contributed by atoms with Crippen molar-refractivity contribution in [3.63, 3.8) is 0 Å². The Morgan fingerprint density at radius 2 is 1.78 bits per heavy atom. The van der Waals surface area contributed by atoms with Crippen LogP contribution in [-0.2, 0) is 4.79 Å². The van der Waals surface area contributed by atoms with Gasteiger partial charge in [0.1, 0.15) is 5.75 Å². The monoisotopic (exact) mass is 320 g/mol. The molecule has 2 rings (SSSR count). The SMILES string of the molecule is CC(=O)N1CCN(CCC(O)c2ccc(OC(C)C)cc2)CC1. The maximum atomic E-state index is 11.3. The maximum Gasteiger partial charge on any atom is 0.219 e. The van der Waals surface area contributed by atoms with Crippen LogP contribution in [0.3, 0.4) is 0 Å². The molecule has 1 atom stereocenters. The molecule has 1 aliphatic heterocycles. The largest absolute Gasteiger partial charge is 0.491 e. The van der Waals surface area contributed by atoms with Gasteiger partial charge in [-0.2, -0.15) is 0 Å². The summed E-state index contributed by atoms with van der Waals surface area (Å²) in [5.41, 5.74) is 0.920. The predicted molar refractivity (Wildman–Crippen MR) is 90.5 cm³/mol. The third-order valence-corrected chi connectivity index (χ3v) is 4.17. The van der Waals surface area contributed by atoms with Gasteiger partial charge in [-0.15, -0.1) is 0 Å². The molecule has 0 spiro atoms. The van der Waals surface area contributed by atoms with Crippen molar-refractivity contribution < 1.29 is 14.6 Å². The molecular formula is C18H28N2O3. The summed E-state index contributed by atoms with van der Waals surface area (Å²) in [4.78, 5) is 15.5. The van der Waals surface area contributed by atoms with Crippen LogP contribution >= 0.6 is 0 Å². The number of carbonyl (C=O) groups excluding carboxylic acids is 1. The lowest BCUT2D eigenvalue weighted by Crippen LogP contribution is -2.48. The van der Waals surface area contributed by atoms with Crippen LogP contribution in [0.5, 0.6) is 5.75 Å². The van der Waals surface area contributed by atoms with Gasteiger partial charge in [0.25, 0.3) is 0 Å². The van der Waals surface area contributed by atoms with Crippen molar-refractivity contribution in [1.29, 1.82) is 0 Å². The molecule has 0 bridgehead atoms. The average molecular weight is 320 g/mol. The lowest BCUT2D eigenvalue weighted by atomic mass is 10.1. The minimum Gasteiger partial charge on any atom is -0.491 e. The Bertz CT molecular complexity index is 493. The van der Waals surface area contributed by atoms with E-state index in [0.717, 1.165) is 44.0 Å². The van der Waals surface area contributed by atoms with Gasteiger partial charge in [-0.3, -0.25) is 9.69 Å². The Morgan fingerprint density at radius 3 is 2.30 bits per heavy atom. The second-order valence-corrected chi connectivity index (χ2v) is 6.39. The summed E-state index contributed by atoms with van der Waals surface area (Å²) in [6.07, 6.45) is 0.387. The van der Waals surface area contributed by atoms with Gasteiger partial charge in [0.2, 0.25) is 5.91 Å². The molecule has 5 nitrogen and oxygen atoms in total. The number of aliphatic hydroxyl groups excluding tert-OH is 1. The number of hydrogen-bond donors (Lipinski definition) is 1. The number of aliphatic hydroxyl groups is 1. The van der Waals surface area contributed by atoms with E-state index in [0.29, 0.717) is 6.42 Å². The van der Waals surface area contributed by atoms with Crippen molar-refractivity contribution in [3.8, 4) is 5.75 Å². The second-order valence-electron chi connectivity index (χ2n) is 6.39. The molecule has 1 aliphatic rings. The van der Waals surface area contributed by atoms with Gasteiger partial charge in [-0.05, 0) is 38.0 Å². The van der Waals surface area contributed by atoms with E-state index in [4.69, 9.17) is 4.74 Å². The Morgan fingerprint density at radius 1 is 1.17 bits per heavy atom. The minimum absolute atomic E-state index is 0.147. The number of hydrogen-bond acceptors (Lipinski definition) is 4. The molecule has 0 aliphatic carbocycles. The van der Waals surface area contributed by atoms with Gasteiger partial charge >= 0.3 is 0 Å². The van der Waals surface area contributed by atoms with E-state index in [1.807, 2.05) is 43.0 Å². The molecule has 1 aromatic carbocycles. The van der Waals surface area contributed by atoms with E-state index in [9.17, 15) is 9.90 Å². The zero-order chi connectivity index (χ0) is 16.8. The van der Waals surface area contributed by atoms with Crippen LogP contribution in [0.2, 0.25) is 0 Å². The molecule has 5 heteroatoms. The van der Waals surface area contributed by atoms with Crippen molar-refractivity contribution in [2.24, 2.45) is 0 Å². The highest BCUT2D eigenvalue weighted by Gasteiger charge is 2.19. The Balaban J connectivity index is 1.76. The molecule has 1 N–H and O–H groups in total. The number of ether oxygens (including phenoxy) is 1. The Labute approximate surface area is 138 Å². The van der Waals surface area contributed by atoms with Gasteiger partial charge in [-0.1, -0.05) is 12.1 Å². The fourth-order valence-corrected chi connectivity index (χ4v) is 2.80. The molecule has 1 unspecified atom stereocenters. The summed E-state index contributed by atoms with van der Waals surface area (Å²) in [5.74, 6) is 0.977. The van der Waals surface area contributed by atoms with Crippen LogP contribution in [0.4, 0.5) is 0 Å². The van der Waals surface area contributed by atoms with Crippen LogP contribution in [0.1, 0.15) is 38.9 Å². The van der Waals surface area contributed by atoms with Gasteiger partial charge in [0, 0.05) is 39.6 Å². The number of nitrogens with zero attached hydrogens (tertiary/aromatic N) is 2. The second kappa shape index (κ2) is 8.31. The predicted octanol–water partition coefficient (Wildman–Crippen LogP) is 2.06. The highest BCUT2D eigenvalue weighted by atomic mass is 16.5. The van der Waals surface area contributed by atoms with Gasteiger partial charge < -0.3 is 14.7 Å². The Hall–Kier alpha value is -1.59. The first-order valence-electron chi connectivity index (χ1n) is 8.38. The third kappa shape index (κ3) is 5.52. The number of piperazine rings is 1. The van der Waals surface area contributed by atoms with Crippen molar-refractivity contribution in [2.75, 3.05) is 32.7 Å². The first-order chi connectivity index (χ1) is 11.0. The minimum atomic E-state index is -0.464.